The van der Waals surface area contributed by atoms with E-state index in [-0.39, 0.29) is 52.7 Å². The van der Waals surface area contributed by atoms with Gasteiger partial charge < -0.3 is 20.9 Å². The number of piperazine rings is 1. The van der Waals surface area contributed by atoms with Gasteiger partial charge in [0, 0.05) is 74.4 Å². The van der Waals surface area contributed by atoms with Crippen molar-refractivity contribution in [2.24, 2.45) is 5.92 Å². The molecule has 4 aromatic carbocycles. The molecule has 19 heteroatoms. The van der Waals surface area contributed by atoms with Gasteiger partial charge in [-0.05, 0) is 98.8 Å². The molecule has 4 amide bonds. The van der Waals surface area contributed by atoms with Crippen LogP contribution in [0.25, 0.3) is 0 Å². The van der Waals surface area contributed by atoms with E-state index in [2.05, 4.69) is 41.6 Å². The van der Waals surface area contributed by atoms with Crippen molar-refractivity contribution < 1.29 is 41.1 Å². The lowest BCUT2D eigenvalue weighted by atomic mass is 9.89. The summed E-state index contributed by atoms with van der Waals surface area (Å²) in [6.45, 7) is 4.35. The second-order valence-electron chi connectivity index (χ2n) is 16.2. The highest BCUT2D eigenvalue weighted by atomic mass is 19.1. The number of nitrogens with one attached hydrogen (secondary N) is 5. The molecule has 1 aromatic heterocycles. The van der Waals surface area contributed by atoms with Gasteiger partial charge in [0.1, 0.15) is 23.3 Å². The van der Waals surface area contributed by atoms with Gasteiger partial charge in [-0.1, -0.05) is 12.1 Å². The third-order valence-corrected chi connectivity index (χ3v) is 11.9. The molecule has 3 fully saturated rings. The molecule has 338 valence electrons. The fourth-order valence-electron chi connectivity index (χ4n) is 8.20. The van der Waals surface area contributed by atoms with E-state index in [1.54, 1.807) is 40.2 Å². The molecular formula is C46H45F5N10O4. The molecule has 0 radical (unpaired) electrons. The van der Waals surface area contributed by atoms with Crippen molar-refractivity contribution >= 4 is 58.1 Å². The molecule has 3 aliphatic heterocycles. The largest absolute Gasteiger partial charge is 0.367 e. The Bertz CT molecular complexity index is 2590. The molecule has 8 rings (SSSR count). The van der Waals surface area contributed by atoms with E-state index in [1.807, 2.05) is 0 Å². The van der Waals surface area contributed by atoms with E-state index in [0.717, 1.165) is 50.2 Å². The average Bonchev–Trinajstić information content (AvgIpc) is 3.29. The van der Waals surface area contributed by atoms with Gasteiger partial charge >= 0.3 is 0 Å². The van der Waals surface area contributed by atoms with Gasteiger partial charge in [0.25, 0.3) is 11.8 Å². The number of piperidine rings is 2. The molecule has 0 saturated carbocycles. The molecule has 0 spiro atoms. The number of halogens is 5. The molecule has 0 bridgehead atoms. The summed E-state index contributed by atoms with van der Waals surface area (Å²) in [5.41, 5.74) is 3.65. The minimum Gasteiger partial charge on any atom is -0.367 e. The van der Waals surface area contributed by atoms with Crippen LogP contribution in [0, 0.1) is 35.0 Å². The fourth-order valence-corrected chi connectivity index (χ4v) is 8.20. The third kappa shape index (κ3) is 10.9. The van der Waals surface area contributed by atoms with Crippen molar-refractivity contribution in [1.29, 1.82) is 0 Å². The van der Waals surface area contributed by atoms with Gasteiger partial charge in [-0.25, -0.2) is 31.9 Å². The zero-order valence-corrected chi connectivity index (χ0v) is 35.0. The van der Waals surface area contributed by atoms with Crippen LogP contribution in [-0.2, 0) is 9.59 Å². The number of nitrogens with zero attached hydrogens (tertiary/aromatic N) is 5. The molecule has 3 saturated heterocycles. The monoisotopic (exact) mass is 896 g/mol. The van der Waals surface area contributed by atoms with Crippen LogP contribution >= 0.6 is 0 Å². The Labute approximate surface area is 370 Å². The topological polar surface area (TPSA) is 164 Å². The summed E-state index contributed by atoms with van der Waals surface area (Å²) in [5.74, 6) is -6.48. The van der Waals surface area contributed by atoms with Crippen LogP contribution in [0.3, 0.4) is 0 Å². The maximum atomic E-state index is 15.3. The summed E-state index contributed by atoms with van der Waals surface area (Å²) in [5, 5.41) is 12.2. The van der Waals surface area contributed by atoms with E-state index >= 15 is 13.2 Å². The van der Waals surface area contributed by atoms with Crippen molar-refractivity contribution in [2.45, 2.75) is 38.0 Å². The zero-order valence-electron chi connectivity index (χ0n) is 35.0. The number of hydrazine groups is 1. The Kier molecular flexibility index (Phi) is 13.6. The maximum absolute atomic E-state index is 15.3. The normalized spacial score (nSPS) is 17.4. The minimum atomic E-state index is -0.908. The molecule has 14 nitrogen and oxygen atoms in total. The zero-order chi connectivity index (χ0) is 45.6. The minimum absolute atomic E-state index is 0.0433. The van der Waals surface area contributed by atoms with Crippen molar-refractivity contribution in [2.75, 3.05) is 66.7 Å². The molecule has 1 unspecified atom stereocenters. The molecule has 5 N–H and O–H groups in total. The predicted octanol–water partition coefficient (Wildman–Crippen LogP) is 7.00. The quantitative estimate of drug-likeness (QED) is 0.0611. The first-order valence-electron chi connectivity index (χ1n) is 21.2. The van der Waals surface area contributed by atoms with Crippen LogP contribution < -0.4 is 31.6 Å². The molecule has 65 heavy (non-hydrogen) atoms. The van der Waals surface area contributed by atoms with Gasteiger partial charge in [-0.3, -0.25) is 34.8 Å². The SMILES string of the molecule is O=C1CCC(c2cc(F)c(N3CCN(CCC4CCN(NC(=O)c5ccc(Nc6ncc(F)c(Nc7ccc(NC(=O)c8ccccc8F)cc7)n6)cc5F)CC4)CC3)cc2F)C(=O)N1. The van der Waals surface area contributed by atoms with E-state index in [9.17, 15) is 28.0 Å². The van der Waals surface area contributed by atoms with Gasteiger partial charge in [-0.2, -0.15) is 4.98 Å². The van der Waals surface area contributed by atoms with Crippen molar-refractivity contribution in [3.05, 3.63) is 131 Å². The maximum Gasteiger partial charge on any atom is 0.268 e. The van der Waals surface area contributed by atoms with Crippen LogP contribution in [0.5, 0.6) is 0 Å². The standard InChI is InChI=1S/C46H45F5N10O4/c47-35-4-2-1-3-32(35)44(64)54-29-7-5-28(6-8-29)53-42-39(51)26-52-46(57-42)55-30-9-10-33(36(48)23-30)45(65)58-61-17-14-27(15-18-61)13-16-59-19-21-60(22-20-59)40-25-37(49)34(24-38(40)50)31-11-12-41(62)56-43(31)63/h1-10,23-27,31H,11-22H2,(H,54,64)(H,58,65)(H,56,62,63)(H2,52,53,55,57). The molecule has 5 aromatic rings. The van der Waals surface area contributed by atoms with E-state index in [1.165, 1.54) is 30.3 Å². The van der Waals surface area contributed by atoms with Crippen molar-refractivity contribution in [1.82, 2.24) is 30.6 Å². The lowest BCUT2D eigenvalue weighted by Crippen LogP contribution is -2.48. The molecule has 3 aliphatic rings. The summed E-state index contributed by atoms with van der Waals surface area (Å²) in [6, 6.07) is 17.9. The summed E-state index contributed by atoms with van der Waals surface area (Å²) in [4.78, 5) is 61.5. The number of benzene rings is 4. The number of imide groups is 1. The molecule has 1 atom stereocenters. The van der Waals surface area contributed by atoms with Gasteiger partial charge in [0.2, 0.25) is 17.8 Å². The number of hydrogen-bond acceptors (Lipinski definition) is 11. The second kappa shape index (κ2) is 19.8. The Morgan fingerprint density at radius 2 is 1.40 bits per heavy atom. The average molecular weight is 897 g/mol. The number of carbonyl (C=O) groups is 4. The van der Waals surface area contributed by atoms with Gasteiger partial charge in [0.15, 0.2) is 11.6 Å². The lowest BCUT2D eigenvalue weighted by molar-refractivity contribution is -0.134. The van der Waals surface area contributed by atoms with E-state index < -0.39 is 58.6 Å². The van der Waals surface area contributed by atoms with Gasteiger partial charge in [-0.15, -0.1) is 0 Å². The van der Waals surface area contributed by atoms with Crippen molar-refractivity contribution in [3.8, 4) is 0 Å². The first kappa shape index (κ1) is 44.6. The molecule has 4 heterocycles. The van der Waals surface area contributed by atoms with E-state index in [0.29, 0.717) is 56.6 Å². The fraction of sp³-hybridized carbons (Fsp3) is 0.304. The second-order valence-corrected chi connectivity index (χ2v) is 16.2. The lowest BCUT2D eigenvalue weighted by Gasteiger charge is -2.38. The summed E-state index contributed by atoms with van der Waals surface area (Å²) in [7, 11) is 0. The Morgan fingerprint density at radius 1 is 0.692 bits per heavy atom. The van der Waals surface area contributed by atoms with Crippen molar-refractivity contribution in [3.63, 3.8) is 0 Å². The third-order valence-electron chi connectivity index (χ3n) is 11.9. The highest BCUT2D eigenvalue weighted by Gasteiger charge is 2.32. The Hall–Kier alpha value is -6.99. The van der Waals surface area contributed by atoms with Crippen LogP contribution in [0.4, 0.5) is 56.5 Å². The molecular weight excluding hydrogens is 852 g/mol. The van der Waals surface area contributed by atoms with Gasteiger partial charge in [0.05, 0.1) is 28.9 Å². The smallest absolute Gasteiger partial charge is 0.268 e. The van der Waals surface area contributed by atoms with E-state index in [4.69, 9.17) is 0 Å². The number of carbonyl (C=O) groups excluding carboxylic acids is 4. The predicted molar refractivity (Wildman–Crippen MR) is 232 cm³/mol. The number of rotatable bonds is 13. The number of anilines is 6. The van der Waals surface area contributed by atoms with Crippen LogP contribution in [0.1, 0.15) is 64.3 Å². The Balaban J connectivity index is 0.761. The van der Waals surface area contributed by atoms with Crippen LogP contribution in [0.2, 0.25) is 0 Å². The van der Waals surface area contributed by atoms with Crippen LogP contribution in [0.15, 0.2) is 85.1 Å². The Morgan fingerprint density at radius 3 is 2.12 bits per heavy atom. The first-order chi connectivity index (χ1) is 31.4. The summed E-state index contributed by atoms with van der Waals surface area (Å²) < 4.78 is 74.3. The summed E-state index contributed by atoms with van der Waals surface area (Å²) in [6.07, 6.45) is 3.72. The highest BCUT2D eigenvalue weighted by molar-refractivity contribution is 6.04. The number of amides is 4. The highest BCUT2D eigenvalue weighted by Crippen LogP contribution is 2.33. The number of aromatic nitrogens is 2. The molecule has 0 aliphatic carbocycles. The summed E-state index contributed by atoms with van der Waals surface area (Å²) >= 11 is 0. The first-order valence-corrected chi connectivity index (χ1v) is 21.2. The van der Waals surface area contributed by atoms with Crippen LogP contribution in [-0.4, -0.2) is 89.3 Å². The number of hydrogen-bond donors (Lipinski definition) is 5.